The number of amides is 2. The third-order valence-electron chi connectivity index (χ3n) is 4.20. The van der Waals surface area contributed by atoms with Crippen LogP contribution in [0.2, 0.25) is 0 Å². The fourth-order valence-corrected chi connectivity index (χ4v) is 3.09. The van der Waals surface area contributed by atoms with Crippen LogP contribution in [0.3, 0.4) is 0 Å². The molecule has 1 atom stereocenters. The Hall–Kier alpha value is -2.37. The molecule has 0 saturated carbocycles. The van der Waals surface area contributed by atoms with Crippen molar-refractivity contribution < 1.29 is 9.18 Å². The van der Waals surface area contributed by atoms with Crippen LogP contribution in [0.1, 0.15) is 24.0 Å². The van der Waals surface area contributed by atoms with Crippen LogP contribution in [0.4, 0.5) is 9.18 Å². The van der Waals surface area contributed by atoms with Crippen LogP contribution in [0.15, 0.2) is 36.7 Å². The van der Waals surface area contributed by atoms with Gasteiger partial charge in [-0.3, -0.25) is 4.68 Å². The highest BCUT2D eigenvalue weighted by atomic mass is 19.1. The molecule has 2 aromatic rings. The third kappa shape index (κ3) is 3.88. The van der Waals surface area contributed by atoms with Crippen molar-refractivity contribution in [3.05, 3.63) is 53.6 Å². The molecule has 1 aliphatic rings. The fourth-order valence-electron chi connectivity index (χ4n) is 3.09. The number of likely N-dealkylation sites (tertiary alicyclic amines) is 1. The number of carbonyl (C=O) groups excluding carboxylic acids is 1. The maximum atomic E-state index is 13.3. The van der Waals surface area contributed by atoms with Gasteiger partial charge in [-0.15, -0.1) is 0 Å². The Kier molecular flexibility index (Phi) is 4.60. The highest BCUT2D eigenvalue weighted by Gasteiger charge is 2.28. The normalized spacial score (nSPS) is 17.5. The number of aromatic nitrogens is 2. The zero-order valence-corrected chi connectivity index (χ0v) is 13.2. The van der Waals surface area contributed by atoms with E-state index in [4.69, 9.17) is 0 Å². The maximum Gasteiger partial charge on any atom is 0.317 e. The summed E-state index contributed by atoms with van der Waals surface area (Å²) in [7, 11) is 1.85. The van der Waals surface area contributed by atoms with Crippen LogP contribution >= 0.6 is 0 Å². The first-order chi connectivity index (χ1) is 11.1. The summed E-state index contributed by atoms with van der Waals surface area (Å²) in [4.78, 5) is 14.3. The van der Waals surface area contributed by atoms with Gasteiger partial charge in [0.25, 0.3) is 0 Å². The molecule has 6 heteroatoms. The summed E-state index contributed by atoms with van der Waals surface area (Å²) in [5, 5.41) is 7.03. The number of hydrogen-bond acceptors (Lipinski definition) is 2. The first-order valence-corrected chi connectivity index (χ1v) is 7.88. The molecular formula is C17H21FN4O. The zero-order valence-electron chi connectivity index (χ0n) is 13.2. The lowest BCUT2D eigenvalue weighted by Crippen LogP contribution is -2.43. The fraction of sp³-hybridized carbons (Fsp3) is 0.412. The summed E-state index contributed by atoms with van der Waals surface area (Å²) in [6.07, 6.45) is 6.26. The molecule has 1 N–H and O–H groups in total. The minimum Gasteiger partial charge on any atom is -0.334 e. The number of halogens is 1. The molecule has 2 amide bonds. The summed E-state index contributed by atoms with van der Waals surface area (Å²) in [5.41, 5.74) is 1.91. The molecule has 0 bridgehead atoms. The van der Waals surface area contributed by atoms with Crippen LogP contribution < -0.4 is 5.32 Å². The quantitative estimate of drug-likeness (QED) is 0.942. The van der Waals surface area contributed by atoms with Crippen molar-refractivity contribution in [3.63, 3.8) is 0 Å². The van der Waals surface area contributed by atoms with E-state index in [1.807, 2.05) is 24.2 Å². The molecule has 1 aromatic heterocycles. The molecule has 1 aromatic carbocycles. The van der Waals surface area contributed by atoms with Crippen molar-refractivity contribution in [1.29, 1.82) is 0 Å². The lowest BCUT2D eigenvalue weighted by atomic mass is 10.0. The summed E-state index contributed by atoms with van der Waals surface area (Å²) < 4.78 is 15.0. The molecule has 0 radical (unpaired) electrons. The number of nitrogens with one attached hydrogen (secondary N) is 1. The van der Waals surface area contributed by atoms with E-state index in [1.165, 1.54) is 6.07 Å². The molecule has 23 heavy (non-hydrogen) atoms. The predicted octanol–water partition coefficient (Wildman–Crippen LogP) is 2.48. The molecule has 5 nitrogen and oxygen atoms in total. The number of benzene rings is 1. The van der Waals surface area contributed by atoms with Gasteiger partial charge in [-0.25, -0.2) is 9.18 Å². The van der Waals surface area contributed by atoms with E-state index in [9.17, 15) is 9.18 Å². The van der Waals surface area contributed by atoms with Crippen molar-refractivity contribution in [2.45, 2.75) is 31.8 Å². The van der Waals surface area contributed by atoms with Crippen LogP contribution in [0, 0.1) is 5.82 Å². The molecule has 1 fully saturated rings. The lowest BCUT2D eigenvalue weighted by Gasteiger charge is -2.25. The largest absolute Gasteiger partial charge is 0.334 e. The maximum absolute atomic E-state index is 13.3. The molecule has 1 aliphatic heterocycles. The van der Waals surface area contributed by atoms with Crippen LogP contribution in [-0.4, -0.2) is 33.3 Å². The first kappa shape index (κ1) is 15.5. The van der Waals surface area contributed by atoms with Gasteiger partial charge in [0.1, 0.15) is 5.82 Å². The van der Waals surface area contributed by atoms with Gasteiger partial charge >= 0.3 is 6.03 Å². The average Bonchev–Trinajstić information content (AvgIpc) is 3.14. The summed E-state index contributed by atoms with van der Waals surface area (Å²) in [6, 6.07) is 6.68. The number of urea groups is 1. The SMILES string of the molecule is Cn1cc(CNC(=O)N2CCC[C@@H]2Cc2cccc(F)c2)cn1. The van der Waals surface area contributed by atoms with E-state index < -0.39 is 0 Å². The van der Waals surface area contributed by atoms with E-state index in [1.54, 1.807) is 23.0 Å². The summed E-state index contributed by atoms with van der Waals surface area (Å²) in [5.74, 6) is -0.229. The van der Waals surface area contributed by atoms with E-state index in [0.717, 1.165) is 30.5 Å². The van der Waals surface area contributed by atoms with E-state index >= 15 is 0 Å². The second kappa shape index (κ2) is 6.81. The highest BCUT2D eigenvalue weighted by molar-refractivity contribution is 5.74. The first-order valence-electron chi connectivity index (χ1n) is 7.88. The van der Waals surface area contributed by atoms with Crippen LogP contribution in [0.5, 0.6) is 0 Å². The van der Waals surface area contributed by atoms with E-state index in [2.05, 4.69) is 10.4 Å². The summed E-state index contributed by atoms with van der Waals surface area (Å²) in [6.45, 7) is 1.22. The van der Waals surface area contributed by atoms with E-state index in [0.29, 0.717) is 13.0 Å². The Balaban J connectivity index is 1.58. The van der Waals surface area contributed by atoms with Gasteiger partial charge in [0.15, 0.2) is 0 Å². The molecule has 122 valence electrons. The molecule has 0 aliphatic carbocycles. The second-order valence-electron chi connectivity index (χ2n) is 6.00. The van der Waals surface area contributed by atoms with Gasteiger partial charge in [0.2, 0.25) is 0 Å². The van der Waals surface area contributed by atoms with Crippen molar-refractivity contribution in [2.75, 3.05) is 6.54 Å². The van der Waals surface area contributed by atoms with Gasteiger partial charge in [-0.05, 0) is 37.0 Å². The van der Waals surface area contributed by atoms with Gasteiger partial charge < -0.3 is 10.2 Å². The Bertz CT molecular complexity index is 685. The molecule has 0 unspecified atom stereocenters. The highest BCUT2D eigenvalue weighted by Crippen LogP contribution is 2.21. The Morgan fingerprint density at radius 3 is 3.04 bits per heavy atom. The smallest absolute Gasteiger partial charge is 0.317 e. The Morgan fingerprint density at radius 1 is 1.43 bits per heavy atom. The van der Waals surface area contributed by atoms with Crippen LogP contribution in [-0.2, 0) is 20.0 Å². The Labute approximate surface area is 135 Å². The molecule has 3 rings (SSSR count). The molecular weight excluding hydrogens is 295 g/mol. The minimum atomic E-state index is -0.229. The van der Waals surface area contributed by atoms with Gasteiger partial charge in [-0.1, -0.05) is 12.1 Å². The average molecular weight is 316 g/mol. The number of hydrogen-bond donors (Lipinski definition) is 1. The molecule has 2 heterocycles. The topological polar surface area (TPSA) is 50.2 Å². The number of carbonyl (C=O) groups is 1. The van der Waals surface area contributed by atoms with Crippen molar-refractivity contribution >= 4 is 6.03 Å². The molecule has 1 saturated heterocycles. The van der Waals surface area contributed by atoms with E-state index in [-0.39, 0.29) is 17.9 Å². The number of aryl methyl sites for hydroxylation is 1. The lowest BCUT2D eigenvalue weighted by molar-refractivity contribution is 0.192. The molecule has 0 spiro atoms. The van der Waals surface area contributed by atoms with Crippen molar-refractivity contribution in [3.8, 4) is 0 Å². The van der Waals surface area contributed by atoms with Gasteiger partial charge in [0, 0.05) is 37.9 Å². The zero-order chi connectivity index (χ0) is 16.2. The Morgan fingerprint density at radius 2 is 2.30 bits per heavy atom. The standard InChI is InChI=1S/C17H21FN4O/c1-21-12-14(11-20-21)10-19-17(23)22-7-3-6-16(22)9-13-4-2-5-15(18)8-13/h2,4-5,8,11-12,16H,3,6-7,9-10H2,1H3,(H,19,23)/t16-/m1/s1. The monoisotopic (exact) mass is 316 g/mol. The summed E-state index contributed by atoms with van der Waals surface area (Å²) >= 11 is 0. The van der Waals surface area contributed by atoms with Crippen molar-refractivity contribution in [2.24, 2.45) is 7.05 Å². The predicted molar refractivity (Wildman–Crippen MR) is 85.3 cm³/mol. The number of rotatable bonds is 4. The van der Waals surface area contributed by atoms with Crippen LogP contribution in [0.25, 0.3) is 0 Å². The van der Waals surface area contributed by atoms with Crippen molar-refractivity contribution in [1.82, 2.24) is 20.0 Å². The minimum absolute atomic E-state index is 0.0623. The number of nitrogens with zero attached hydrogens (tertiary/aromatic N) is 3. The van der Waals surface area contributed by atoms with Gasteiger partial charge in [0.05, 0.1) is 6.20 Å². The third-order valence-corrected chi connectivity index (χ3v) is 4.20. The second-order valence-corrected chi connectivity index (χ2v) is 6.00. The van der Waals surface area contributed by atoms with Gasteiger partial charge in [-0.2, -0.15) is 5.10 Å².